The average molecular weight is 221 g/mol. The first-order chi connectivity index (χ1) is 7.61. The number of ether oxygens (including phenoxy) is 1. The molecule has 2 rings (SSSR count). The van der Waals surface area contributed by atoms with Crippen molar-refractivity contribution < 1.29 is 4.74 Å². The molecule has 0 atom stereocenters. The highest BCUT2D eigenvalue weighted by atomic mass is 16.5. The van der Waals surface area contributed by atoms with E-state index in [9.17, 15) is 0 Å². The van der Waals surface area contributed by atoms with Gasteiger partial charge in [0.2, 0.25) is 5.88 Å². The highest BCUT2D eigenvalue weighted by Crippen LogP contribution is 2.32. The van der Waals surface area contributed by atoms with Crippen LogP contribution in [0.25, 0.3) is 0 Å². The van der Waals surface area contributed by atoms with Gasteiger partial charge in [-0.25, -0.2) is 4.98 Å². The SMILES string of the molecule is COc1cc(NC2(C)CCCC2)nc(C)n1. The molecule has 1 N–H and O–H groups in total. The minimum absolute atomic E-state index is 0.186. The average Bonchev–Trinajstić information content (AvgIpc) is 2.63. The summed E-state index contributed by atoms with van der Waals surface area (Å²) in [5.74, 6) is 2.23. The Hall–Kier alpha value is -1.32. The normalized spacial score (nSPS) is 18.4. The molecule has 0 aliphatic heterocycles. The highest BCUT2D eigenvalue weighted by Gasteiger charge is 2.28. The lowest BCUT2D eigenvalue weighted by atomic mass is 10.0. The van der Waals surface area contributed by atoms with Gasteiger partial charge in [0.25, 0.3) is 0 Å². The summed E-state index contributed by atoms with van der Waals surface area (Å²) in [5.41, 5.74) is 0.186. The van der Waals surface area contributed by atoms with Gasteiger partial charge in [-0.3, -0.25) is 0 Å². The van der Waals surface area contributed by atoms with Crippen LogP contribution in [0.1, 0.15) is 38.4 Å². The van der Waals surface area contributed by atoms with E-state index < -0.39 is 0 Å². The molecule has 88 valence electrons. The Morgan fingerprint density at radius 2 is 2.00 bits per heavy atom. The summed E-state index contributed by atoms with van der Waals surface area (Å²) in [6.45, 7) is 4.13. The van der Waals surface area contributed by atoms with Crippen molar-refractivity contribution in [2.45, 2.75) is 45.1 Å². The van der Waals surface area contributed by atoms with Crippen LogP contribution in [0, 0.1) is 6.92 Å². The van der Waals surface area contributed by atoms with Crippen LogP contribution in [0.5, 0.6) is 5.88 Å². The second-order valence-corrected chi connectivity index (χ2v) is 4.74. The van der Waals surface area contributed by atoms with E-state index in [-0.39, 0.29) is 5.54 Å². The fourth-order valence-electron chi connectivity index (χ4n) is 2.30. The zero-order valence-electron chi connectivity index (χ0n) is 10.2. The molecule has 0 unspecified atom stereocenters. The summed E-state index contributed by atoms with van der Waals surface area (Å²) in [4.78, 5) is 8.56. The molecule has 0 bridgehead atoms. The van der Waals surface area contributed by atoms with E-state index in [1.807, 2.05) is 13.0 Å². The van der Waals surface area contributed by atoms with Gasteiger partial charge in [0.05, 0.1) is 7.11 Å². The first kappa shape index (κ1) is 11.2. The summed E-state index contributed by atoms with van der Waals surface area (Å²) < 4.78 is 5.14. The maximum atomic E-state index is 5.14. The Balaban J connectivity index is 2.17. The van der Waals surface area contributed by atoms with Crippen LogP contribution < -0.4 is 10.1 Å². The highest BCUT2D eigenvalue weighted by molar-refractivity contribution is 5.41. The van der Waals surface area contributed by atoms with Gasteiger partial charge in [-0.05, 0) is 26.7 Å². The van der Waals surface area contributed by atoms with E-state index in [4.69, 9.17) is 4.74 Å². The molecule has 1 heterocycles. The van der Waals surface area contributed by atoms with Crippen molar-refractivity contribution in [3.8, 4) is 5.88 Å². The standard InChI is InChI=1S/C12H19N3O/c1-9-13-10(8-11(14-9)16-3)15-12(2)6-4-5-7-12/h8H,4-7H2,1-3H3,(H,13,14,15). The zero-order valence-corrected chi connectivity index (χ0v) is 10.2. The number of rotatable bonds is 3. The van der Waals surface area contributed by atoms with Crippen LogP contribution in [-0.2, 0) is 0 Å². The van der Waals surface area contributed by atoms with Crippen molar-refractivity contribution in [3.05, 3.63) is 11.9 Å². The van der Waals surface area contributed by atoms with E-state index >= 15 is 0 Å². The second kappa shape index (κ2) is 4.28. The lowest BCUT2D eigenvalue weighted by Crippen LogP contribution is -2.31. The quantitative estimate of drug-likeness (QED) is 0.852. The molecule has 1 saturated carbocycles. The zero-order chi connectivity index (χ0) is 11.6. The molecule has 1 aromatic heterocycles. The fraction of sp³-hybridized carbons (Fsp3) is 0.667. The summed E-state index contributed by atoms with van der Waals surface area (Å²) in [6, 6.07) is 1.86. The van der Waals surface area contributed by atoms with Gasteiger partial charge < -0.3 is 10.1 Å². The summed E-state index contributed by atoms with van der Waals surface area (Å²) >= 11 is 0. The minimum Gasteiger partial charge on any atom is -0.481 e. The van der Waals surface area contributed by atoms with E-state index in [1.165, 1.54) is 25.7 Å². The van der Waals surface area contributed by atoms with E-state index in [0.29, 0.717) is 5.88 Å². The van der Waals surface area contributed by atoms with E-state index in [2.05, 4.69) is 22.2 Å². The molecular formula is C12H19N3O. The lowest BCUT2D eigenvalue weighted by Gasteiger charge is -2.26. The molecule has 0 aromatic carbocycles. The number of nitrogens with one attached hydrogen (secondary N) is 1. The maximum absolute atomic E-state index is 5.14. The van der Waals surface area contributed by atoms with Crippen LogP contribution in [0.4, 0.5) is 5.82 Å². The third kappa shape index (κ3) is 2.43. The third-order valence-electron chi connectivity index (χ3n) is 3.16. The number of anilines is 1. The molecule has 1 aromatic rings. The van der Waals surface area contributed by atoms with E-state index in [0.717, 1.165) is 11.6 Å². The second-order valence-electron chi connectivity index (χ2n) is 4.74. The van der Waals surface area contributed by atoms with Gasteiger partial charge in [0.1, 0.15) is 11.6 Å². The number of hydrogen-bond acceptors (Lipinski definition) is 4. The van der Waals surface area contributed by atoms with Crippen LogP contribution in [0.15, 0.2) is 6.07 Å². The molecule has 4 heteroatoms. The number of methoxy groups -OCH3 is 1. The Morgan fingerprint density at radius 1 is 1.31 bits per heavy atom. The van der Waals surface area contributed by atoms with Crippen LogP contribution in [0.2, 0.25) is 0 Å². The number of aryl methyl sites for hydroxylation is 1. The van der Waals surface area contributed by atoms with Gasteiger partial charge in [-0.15, -0.1) is 0 Å². The monoisotopic (exact) mass is 221 g/mol. The summed E-state index contributed by atoms with van der Waals surface area (Å²) in [6.07, 6.45) is 5.01. The lowest BCUT2D eigenvalue weighted by molar-refractivity contribution is 0.395. The van der Waals surface area contributed by atoms with E-state index in [1.54, 1.807) is 7.11 Å². The smallest absolute Gasteiger partial charge is 0.218 e. The number of nitrogens with zero attached hydrogens (tertiary/aromatic N) is 2. The first-order valence-corrected chi connectivity index (χ1v) is 5.79. The summed E-state index contributed by atoms with van der Waals surface area (Å²) in [5, 5.41) is 3.50. The first-order valence-electron chi connectivity index (χ1n) is 5.79. The van der Waals surface area contributed by atoms with Gasteiger partial charge >= 0.3 is 0 Å². The molecule has 4 nitrogen and oxygen atoms in total. The van der Waals surface area contributed by atoms with Gasteiger partial charge in [-0.2, -0.15) is 4.98 Å². The van der Waals surface area contributed by atoms with Crippen molar-refractivity contribution >= 4 is 5.82 Å². The number of aromatic nitrogens is 2. The Morgan fingerprint density at radius 3 is 2.62 bits per heavy atom. The topological polar surface area (TPSA) is 47.0 Å². The molecule has 16 heavy (non-hydrogen) atoms. The van der Waals surface area contributed by atoms with Crippen molar-refractivity contribution in [3.63, 3.8) is 0 Å². The maximum Gasteiger partial charge on any atom is 0.218 e. The van der Waals surface area contributed by atoms with Crippen molar-refractivity contribution in [2.75, 3.05) is 12.4 Å². The fourth-order valence-corrected chi connectivity index (χ4v) is 2.30. The minimum atomic E-state index is 0.186. The predicted octanol–water partition coefficient (Wildman–Crippen LogP) is 2.54. The molecule has 1 aliphatic rings. The molecule has 0 saturated heterocycles. The molecule has 0 amide bonds. The number of hydrogen-bond donors (Lipinski definition) is 1. The van der Waals surface area contributed by atoms with Gasteiger partial charge in [-0.1, -0.05) is 12.8 Å². The largest absolute Gasteiger partial charge is 0.481 e. The Kier molecular flexibility index (Phi) is 2.99. The molecule has 0 spiro atoms. The third-order valence-corrected chi connectivity index (χ3v) is 3.16. The van der Waals surface area contributed by atoms with Crippen LogP contribution in [0.3, 0.4) is 0 Å². The van der Waals surface area contributed by atoms with Crippen molar-refractivity contribution in [2.24, 2.45) is 0 Å². The molecule has 1 aliphatic carbocycles. The van der Waals surface area contributed by atoms with Crippen molar-refractivity contribution in [1.82, 2.24) is 9.97 Å². The Bertz CT molecular complexity index is 373. The predicted molar refractivity (Wildman–Crippen MR) is 63.8 cm³/mol. The molecule has 1 fully saturated rings. The van der Waals surface area contributed by atoms with Crippen LogP contribution in [-0.4, -0.2) is 22.6 Å². The Labute approximate surface area is 96.4 Å². The van der Waals surface area contributed by atoms with Gasteiger partial charge in [0.15, 0.2) is 0 Å². The van der Waals surface area contributed by atoms with Crippen molar-refractivity contribution in [1.29, 1.82) is 0 Å². The van der Waals surface area contributed by atoms with Gasteiger partial charge in [0, 0.05) is 11.6 Å². The summed E-state index contributed by atoms with van der Waals surface area (Å²) in [7, 11) is 1.63. The molecule has 0 radical (unpaired) electrons. The molecular weight excluding hydrogens is 202 g/mol. The van der Waals surface area contributed by atoms with Crippen LogP contribution >= 0.6 is 0 Å².